The third-order valence-electron chi connectivity index (χ3n) is 4.52. The Morgan fingerprint density at radius 2 is 2.20 bits per heavy atom. The topological polar surface area (TPSA) is 44.4 Å². The Balaban J connectivity index is 1.56. The van der Waals surface area contributed by atoms with Crippen LogP contribution < -0.4 is 10.6 Å². The predicted molar refractivity (Wildman–Crippen MR) is 79.5 cm³/mol. The molecule has 2 heterocycles. The summed E-state index contributed by atoms with van der Waals surface area (Å²) in [6, 6.07) is 8.42. The summed E-state index contributed by atoms with van der Waals surface area (Å²) in [4.78, 5) is 14.3. The first-order valence-electron chi connectivity index (χ1n) is 7.47. The maximum absolute atomic E-state index is 12.3. The first-order valence-corrected chi connectivity index (χ1v) is 7.47. The van der Waals surface area contributed by atoms with E-state index in [-0.39, 0.29) is 11.4 Å². The van der Waals surface area contributed by atoms with E-state index in [1.165, 1.54) is 11.1 Å². The van der Waals surface area contributed by atoms with E-state index in [2.05, 4.69) is 41.8 Å². The summed E-state index contributed by atoms with van der Waals surface area (Å²) in [6.45, 7) is 6.21. The lowest BCUT2D eigenvalue weighted by molar-refractivity contribution is -0.131. The average molecular weight is 273 g/mol. The predicted octanol–water partition coefficient (Wildman–Crippen LogP) is 0.913. The normalized spacial score (nSPS) is 25.6. The standard InChI is InChI=1S/C16H23N3O/c1-16(7-8-17-12-16)18-10-15(20)19-9-6-13-4-2-3-5-14(13)11-19/h2-5,17-18H,6-12H2,1H3. The van der Waals surface area contributed by atoms with E-state index in [0.29, 0.717) is 6.54 Å². The summed E-state index contributed by atoms with van der Waals surface area (Å²) in [6.07, 6.45) is 2.06. The highest BCUT2D eigenvalue weighted by molar-refractivity contribution is 5.78. The van der Waals surface area contributed by atoms with E-state index in [9.17, 15) is 4.79 Å². The molecule has 0 aromatic heterocycles. The number of carbonyl (C=O) groups excluding carboxylic acids is 1. The zero-order chi connectivity index (χ0) is 14.0. The summed E-state index contributed by atoms with van der Waals surface area (Å²) in [7, 11) is 0. The fourth-order valence-electron chi connectivity index (χ4n) is 3.08. The van der Waals surface area contributed by atoms with E-state index in [1.807, 2.05) is 4.90 Å². The van der Waals surface area contributed by atoms with Crippen LogP contribution >= 0.6 is 0 Å². The van der Waals surface area contributed by atoms with E-state index in [0.717, 1.165) is 39.0 Å². The molecule has 1 aromatic carbocycles. The minimum atomic E-state index is 0.0728. The lowest BCUT2D eigenvalue weighted by Crippen LogP contribution is -2.50. The molecule has 1 amide bonds. The van der Waals surface area contributed by atoms with Crippen LogP contribution in [0.15, 0.2) is 24.3 Å². The summed E-state index contributed by atoms with van der Waals surface area (Å²) >= 11 is 0. The smallest absolute Gasteiger partial charge is 0.236 e. The molecule has 0 saturated carbocycles. The number of nitrogens with one attached hydrogen (secondary N) is 2. The van der Waals surface area contributed by atoms with Crippen LogP contribution in [-0.2, 0) is 17.8 Å². The van der Waals surface area contributed by atoms with Crippen LogP contribution in [0.1, 0.15) is 24.5 Å². The van der Waals surface area contributed by atoms with Gasteiger partial charge in [0.15, 0.2) is 0 Å². The third kappa shape index (κ3) is 2.86. The molecule has 1 unspecified atom stereocenters. The fourth-order valence-corrected chi connectivity index (χ4v) is 3.08. The third-order valence-corrected chi connectivity index (χ3v) is 4.52. The van der Waals surface area contributed by atoms with Crippen LogP contribution in [-0.4, -0.2) is 42.5 Å². The Labute approximate surface area is 120 Å². The van der Waals surface area contributed by atoms with Crippen molar-refractivity contribution in [2.75, 3.05) is 26.2 Å². The van der Waals surface area contributed by atoms with Crippen LogP contribution in [0.3, 0.4) is 0 Å². The van der Waals surface area contributed by atoms with Crippen molar-refractivity contribution >= 4 is 5.91 Å². The van der Waals surface area contributed by atoms with Crippen LogP contribution in [0, 0.1) is 0 Å². The minimum Gasteiger partial charge on any atom is -0.337 e. The highest BCUT2D eigenvalue weighted by Crippen LogP contribution is 2.19. The van der Waals surface area contributed by atoms with Gasteiger partial charge in [0.1, 0.15) is 0 Å². The molecule has 20 heavy (non-hydrogen) atoms. The summed E-state index contributed by atoms with van der Waals surface area (Å²) in [5, 5.41) is 6.77. The number of fused-ring (bicyclic) bond motifs is 1. The number of hydrogen-bond donors (Lipinski definition) is 2. The van der Waals surface area contributed by atoms with Crippen LogP contribution in [0.25, 0.3) is 0 Å². The monoisotopic (exact) mass is 273 g/mol. The second kappa shape index (κ2) is 5.54. The van der Waals surface area contributed by atoms with Gasteiger partial charge in [-0.05, 0) is 37.4 Å². The summed E-state index contributed by atoms with van der Waals surface area (Å²) in [5.74, 6) is 0.215. The van der Waals surface area contributed by atoms with Crippen molar-refractivity contribution in [3.8, 4) is 0 Å². The molecule has 0 radical (unpaired) electrons. The number of nitrogens with zero attached hydrogens (tertiary/aromatic N) is 1. The van der Waals surface area contributed by atoms with Crippen molar-refractivity contribution in [3.63, 3.8) is 0 Å². The second-order valence-electron chi connectivity index (χ2n) is 6.17. The molecule has 0 bridgehead atoms. The second-order valence-corrected chi connectivity index (χ2v) is 6.17. The summed E-state index contributed by atoms with van der Waals surface area (Å²) < 4.78 is 0. The lowest BCUT2D eigenvalue weighted by atomic mass is 9.99. The van der Waals surface area contributed by atoms with E-state index in [1.54, 1.807) is 0 Å². The molecule has 2 aliphatic heterocycles. The van der Waals surface area contributed by atoms with Gasteiger partial charge >= 0.3 is 0 Å². The van der Waals surface area contributed by atoms with Gasteiger partial charge in [0, 0.05) is 25.2 Å². The number of amides is 1. The first-order chi connectivity index (χ1) is 9.66. The number of benzene rings is 1. The molecule has 3 rings (SSSR count). The van der Waals surface area contributed by atoms with Gasteiger partial charge in [-0.1, -0.05) is 24.3 Å². The lowest BCUT2D eigenvalue weighted by Gasteiger charge is -2.31. The van der Waals surface area contributed by atoms with Crippen molar-refractivity contribution in [2.45, 2.75) is 31.8 Å². The number of rotatable bonds is 3. The van der Waals surface area contributed by atoms with Crippen LogP contribution in [0.5, 0.6) is 0 Å². The Kier molecular flexibility index (Phi) is 3.76. The first kappa shape index (κ1) is 13.6. The number of hydrogen-bond acceptors (Lipinski definition) is 3. The molecule has 1 aromatic rings. The number of carbonyl (C=O) groups is 1. The fraction of sp³-hybridized carbons (Fsp3) is 0.562. The Hall–Kier alpha value is -1.39. The van der Waals surface area contributed by atoms with E-state index < -0.39 is 0 Å². The molecule has 108 valence electrons. The van der Waals surface area contributed by atoms with Crippen molar-refractivity contribution in [1.29, 1.82) is 0 Å². The van der Waals surface area contributed by atoms with Gasteiger partial charge in [-0.15, -0.1) is 0 Å². The Morgan fingerprint density at radius 3 is 2.95 bits per heavy atom. The van der Waals surface area contributed by atoms with Gasteiger partial charge in [0.05, 0.1) is 6.54 Å². The van der Waals surface area contributed by atoms with Gasteiger partial charge in [-0.2, -0.15) is 0 Å². The maximum atomic E-state index is 12.3. The quantitative estimate of drug-likeness (QED) is 0.860. The Bertz CT molecular complexity index is 494. The molecule has 2 N–H and O–H groups in total. The van der Waals surface area contributed by atoms with Crippen LogP contribution in [0.4, 0.5) is 0 Å². The van der Waals surface area contributed by atoms with E-state index in [4.69, 9.17) is 0 Å². The molecule has 1 saturated heterocycles. The molecular weight excluding hydrogens is 250 g/mol. The molecule has 0 aliphatic carbocycles. The maximum Gasteiger partial charge on any atom is 0.236 e. The van der Waals surface area contributed by atoms with Gasteiger partial charge < -0.3 is 15.5 Å². The molecule has 0 spiro atoms. The summed E-state index contributed by atoms with van der Waals surface area (Å²) in [5.41, 5.74) is 2.75. The van der Waals surface area contributed by atoms with E-state index >= 15 is 0 Å². The zero-order valence-corrected chi connectivity index (χ0v) is 12.1. The highest BCUT2D eigenvalue weighted by Gasteiger charge is 2.29. The molecule has 1 fully saturated rings. The van der Waals surface area contributed by atoms with Crippen molar-refractivity contribution in [3.05, 3.63) is 35.4 Å². The van der Waals surface area contributed by atoms with Crippen molar-refractivity contribution in [1.82, 2.24) is 15.5 Å². The average Bonchev–Trinajstić information content (AvgIpc) is 2.91. The van der Waals surface area contributed by atoms with Gasteiger partial charge in [0.2, 0.25) is 5.91 Å². The SMILES string of the molecule is CC1(NCC(=O)N2CCc3ccccc3C2)CCNC1. The van der Waals surface area contributed by atoms with Gasteiger partial charge in [-0.3, -0.25) is 4.79 Å². The Morgan fingerprint density at radius 1 is 1.40 bits per heavy atom. The highest BCUT2D eigenvalue weighted by atomic mass is 16.2. The zero-order valence-electron chi connectivity index (χ0n) is 12.1. The van der Waals surface area contributed by atoms with Gasteiger partial charge in [-0.25, -0.2) is 0 Å². The molecule has 4 nitrogen and oxygen atoms in total. The molecular formula is C16H23N3O. The molecule has 2 aliphatic rings. The van der Waals surface area contributed by atoms with Gasteiger partial charge in [0.25, 0.3) is 0 Å². The van der Waals surface area contributed by atoms with Crippen molar-refractivity contribution < 1.29 is 4.79 Å². The molecule has 4 heteroatoms. The largest absolute Gasteiger partial charge is 0.337 e. The van der Waals surface area contributed by atoms with Crippen LogP contribution in [0.2, 0.25) is 0 Å². The molecule has 1 atom stereocenters. The van der Waals surface area contributed by atoms with Crippen molar-refractivity contribution in [2.24, 2.45) is 0 Å². The minimum absolute atomic E-state index is 0.0728.